The topological polar surface area (TPSA) is 81.8 Å². The van der Waals surface area contributed by atoms with Crippen LogP contribution in [0.25, 0.3) is 0 Å². The van der Waals surface area contributed by atoms with Gasteiger partial charge in [0.05, 0.1) is 11.5 Å². The Morgan fingerprint density at radius 3 is 2.57 bits per heavy atom. The van der Waals surface area contributed by atoms with E-state index in [2.05, 4.69) is 0 Å². The summed E-state index contributed by atoms with van der Waals surface area (Å²) in [6, 6.07) is 9.10. The molecular weight excluding hydrogens is 274 g/mol. The molecule has 2 aromatic rings. The van der Waals surface area contributed by atoms with E-state index in [0.29, 0.717) is 18.1 Å². The molecule has 0 amide bonds. The fourth-order valence-electron chi connectivity index (χ4n) is 1.90. The Morgan fingerprint density at radius 1 is 1.19 bits per heavy atom. The minimum atomic E-state index is -0.507. The third-order valence-corrected chi connectivity index (χ3v) is 2.70. The molecule has 2 rings (SSSR count). The van der Waals surface area contributed by atoms with E-state index in [1.54, 1.807) is 19.1 Å². The van der Waals surface area contributed by atoms with Crippen LogP contribution in [0.5, 0.6) is 23.0 Å². The Bertz CT molecular complexity index is 649. The quantitative estimate of drug-likeness (QED) is 0.668. The number of ether oxygens (including phenoxy) is 2. The predicted molar refractivity (Wildman–Crippen MR) is 77.2 cm³/mol. The van der Waals surface area contributed by atoms with Crippen LogP contribution in [0, 0.1) is 17.0 Å². The Hall–Kier alpha value is -2.76. The van der Waals surface area contributed by atoms with Gasteiger partial charge in [-0.25, -0.2) is 0 Å². The first-order valence-corrected chi connectivity index (χ1v) is 6.39. The predicted octanol–water partition coefficient (Wildman–Crippen LogP) is 3.80. The summed E-state index contributed by atoms with van der Waals surface area (Å²) >= 11 is 0. The van der Waals surface area contributed by atoms with Crippen molar-refractivity contribution in [3.8, 4) is 23.0 Å². The molecule has 2 aromatic carbocycles. The molecule has 0 heterocycles. The second kappa shape index (κ2) is 6.13. The summed E-state index contributed by atoms with van der Waals surface area (Å²) in [7, 11) is 0. The van der Waals surface area contributed by atoms with E-state index in [4.69, 9.17) is 9.47 Å². The summed E-state index contributed by atoms with van der Waals surface area (Å²) < 4.78 is 10.9. The summed E-state index contributed by atoms with van der Waals surface area (Å²) in [5, 5.41) is 20.4. The standard InChI is InChI=1S/C15H15NO5/c1-3-20-15-9-12(4-5-14(15)16(18)19)21-13-7-10(2)6-11(17)8-13/h4-9,17H,3H2,1-2H3. The molecule has 0 spiro atoms. The molecule has 0 radical (unpaired) electrons. The molecule has 0 aromatic heterocycles. The van der Waals surface area contributed by atoms with E-state index < -0.39 is 4.92 Å². The second-order valence-electron chi connectivity index (χ2n) is 4.43. The number of nitro benzene ring substituents is 1. The van der Waals surface area contributed by atoms with Crippen molar-refractivity contribution in [2.24, 2.45) is 0 Å². The lowest BCUT2D eigenvalue weighted by Gasteiger charge is -2.09. The van der Waals surface area contributed by atoms with Crippen molar-refractivity contribution in [1.82, 2.24) is 0 Å². The first-order chi connectivity index (χ1) is 9.99. The Kier molecular flexibility index (Phi) is 4.27. The van der Waals surface area contributed by atoms with Gasteiger partial charge in [0.2, 0.25) is 5.75 Å². The van der Waals surface area contributed by atoms with Crippen molar-refractivity contribution in [2.45, 2.75) is 13.8 Å². The number of phenols is 1. The van der Waals surface area contributed by atoms with Gasteiger partial charge in [0, 0.05) is 18.2 Å². The third-order valence-electron chi connectivity index (χ3n) is 2.70. The van der Waals surface area contributed by atoms with Gasteiger partial charge in [0.25, 0.3) is 0 Å². The zero-order valence-electron chi connectivity index (χ0n) is 11.7. The minimum Gasteiger partial charge on any atom is -0.508 e. The lowest BCUT2D eigenvalue weighted by atomic mass is 10.2. The van der Waals surface area contributed by atoms with Crippen LogP contribution in [0.1, 0.15) is 12.5 Å². The van der Waals surface area contributed by atoms with Crippen LogP contribution in [0.3, 0.4) is 0 Å². The highest BCUT2D eigenvalue weighted by Crippen LogP contribution is 2.34. The van der Waals surface area contributed by atoms with Crippen LogP contribution in [-0.2, 0) is 0 Å². The SMILES string of the molecule is CCOc1cc(Oc2cc(C)cc(O)c2)ccc1[N+](=O)[O-]. The molecule has 110 valence electrons. The highest BCUT2D eigenvalue weighted by Gasteiger charge is 2.16. The molecule has 6 heteroatoms. The number of aromatic hydroxyl groups is 1. The number of aryl methyl sites for hydroxylation is 1. The Morgan fingerprint density at radius 2 is 1.95 bits per heavy atom. The molecule has 0 bridgehead atoms. The zero-order chi connectivity index (χ0) is 15.4. The molecule has 0 aliphatic carbocycles. The second-order valence-corrected chi connectivity index (χ2v) is 4.43. The number of phenolic OH excluding ortho intramolecular Hbond substituents is 1. The smallest absolute Gasteiger partial charge is 0.311 e. The fraction of sp³-hybridized carbons (Fsp3) is 0.200. The van der Waals surface area contributed by atoms with E-state index >= 15 is 0 Å². The van der Waals surface area contributed by atoms with Crippen molar-refractivity contribution >= 4 is 5.69 Å². The molecule has 0 saturated carbocycles. The lowest BCUT2D eigenvalue weighted by molar-refractivity contribution is -0.385. The molecule has 0 unspecified atom stereocenters. The van der Waals surface area contributed by atoms with Crippen LogP contribution < -0.4 is 9.47 Å². The van der Waals surface area contributed by atoms with Gasteiger partial charge in [0.1, 0.15) is 17.2 Å². The summed E-state index contributed by atoms with van der Waals surface area (Å²) in [4.78, 5) is 10.4. The maximum absolute atomic E-state index is 10.9. The van der Waals surface area contributed by atoms with Gasteiger partial charge in [-0.15, -0.1) is 0 Å². The number of nitro groups is 1. The molecule has 0 aliphatic heterocycles. The van der Waals surface area contributed by atoms with E-state index in [1.165, 1.54) is 24.3 Å². The molecule has 0 atom stereocenters. The highest BCUT2D eigenvalue weighted by molar-refractivity contribution is 5.51. The first-order valence-electron chi connectivity index (χ1n) is 6.39. The van der Waals surface area contributed by atoms with Crippen molar-refractivity contribution in [1.29, 1.82) is 0 Å². The summed E-state index contributed by atoms with van der Waals surface area (Å²) in [5.41, 5.74) is 0.730. The Balaban J connectivity index is 2.32. The molecule has 0 saturated heterocycles. The zero-order valence-corrected chi connectivity index (χ0v) is 11.7. The van der Waals surface area contributed by atoms with Gasteiger partial charge in [-0.05, 0) is 37.6 Å². The average molecular weight is 289 g/mol. The normalized spacial score (nSPS) is 10.2. The van der Waals surface area contributed by atoms with Crippen molar-refractivity contribution < 1.29 is 19.5 Å². The molecule has 0 fully saturated rings. The molecule has 1 N–H and O–H groups in total. The fourth-order valence-corrected chi connectivity index (χ4v) is 1.90. The van der Waals surface area contributed by atoms with Gasteiger partial charge < -0.3 is 14.6 Å². The van der Waals surface area contributed by atoms with Crippen LogP contribution in [-0.4, -0.2) is 16.6 Å². The van der Waals surface area contributed by atoms with Crippen LogP contribution in [0.4, 0.5) is 5.69 Å². The van der Waals surface area contributed by atoms with Crippen LogP contribution >= 0.6 is 0 Å². The molecule has 0 aliphatic rings. The van der Waals surface area contributed by atoms with E-state index in [9.17, 15) is 15.2 Å². The van der Waals surface area contributed by atoms with Gasteiger partial charge in [0.15, 0.2) is 0 Å². The average Bonchev–Trinajstić information content (AvgIpc) is 2.37. The van der Waals surface area contributed by atoms with Gasteiger partial charge in [-0.1, -0.05) is 0 Å². The van der Waals surface area contributed by atoms with E-state index in [1.807, 2.05) is 6.92 Å². The first kappa shape index (κ1) is 14.6. The molecular formula is C15H15NO5. The molecule has 21 heavy (non-hydrogen) atoms. The highest BCUT2D eigenvalue weighted by atomic mass is 16.6. The van der Waals surface area contributed by atoms with Crippen molar-refractivity contribution in [3.63, 3.8) is 0 Å². The van der Waals surface area contributed by atoms with E-state index in [0.717, 1.165) is 5.56 Å². The van der Waals surface area contributed by atoms with E-state index in [-0.39, 0.29) is 17.2 Å². The monoisotopic (exact) mass is 289 g/mol. The number of benzene rings is 2. The summed E-state index contributed by atoms with van der Waals surface area (Å²) in [6.07, 6.45) is 0. The number of rotatable bonds is 5. The van der Waals surface area contributed by atoms with Gasteiger partial charge >= 0.3 is 5.69 Å². The summed E-state index contributed by atoms with van der Waals surface area (Å²) in [6.45, 7) is 3.89. The minimum absolute atomic E-state index is 0.0944. The van der Waals surface area contributed by atoms with Crippen molar-refractivity contribution in [3.05, 3.63) is 52.1 Å². The molecule has 6 nitrogen and oxygen atoms in total. The maximum atomic E-state index is 10.9. The summed E-state index contributed by atoms with van der Waals surface area (Å²) in [5.74, 6) is 1.09. The lowest BCUT2D eigenvalue weighted by Crippen LogP contribution is -1.98. The largest absolute Gasteiger partial charge is 0.508 e. The van der Waals surface area contributed by atoms with Crippen molar-refractivity contribution in [2.75, 3.05) is 6.61 Å². The number of hydrogen-bond acceptors (Lipinski definition) is 5. The Labute approximate surface area is 121 Å². The maximum Gasteiger partial charge on any atom is 0.311 e. The van der Waals surface area contributed by atoms with Gasteiger partial charge in [-0.2, -0.15) is 0 Å². The van der Waals surface area contributed by atoms with Gasteiger partial charge in [-0.3, -0.25) is 10.1 Å². The van der Waals surface area contributed by atoms with Crippen LogP contribution in [0.15, 0.2) is 36.4 Å². The third kappa shape index (κ3) is 3.62. The van der Waals surface area contributed by atoms with Crippen LogP contribution in [0.2, 0.25) is 0 Å². The number of nitrogens with zero attached hydrogens (tertiary/aromatic N) is 1. The number of hydrogen-bond donors (Lipinski definition) is 1.